The predicted octanol–water partition coefficient (Wildman–Crippen LogP) is 11.3. The Morgan fingerprint density at radius 3 is 1.48 bits per heavy atom. The molecule has 2 aliphatic rings. The van der Waals surface area contributed by atoms with Crippen molar-refractivity contribution in [3.8, 4) is 34.3 Å². The summed E-state index contributed by atoms with van der Waals surface area (Å²) in [5.41, 5.74) is 5.52. The van der Waals surface area contributed by atoms with Crippen molar-refractivity contribution in [2.24, 2.45) is 23.7 Å². The average molecular weight is 847 g/mol. The molecule has 324 valence electrons. The molecule has 0 N–H and O–H groups in total. The molecule has 1 heterocycles. The minimum atomic E-state index is -0.423. The van der Waals surface area contributed by atoms with Crippen LogP contribution in [0.15, 0.2) is 103 Å². The smallest absolute Gasteiger partial charge is 0.314 e. The molecule has 10 heteroatoms. The first kappa shape index (κ1) is 43.2. The van der Waals surface area contributed by atoms with Crippen molar-refractivity contribution in [1.29, 1.82) is 0 Å². The van der Waals surface area contributed by atoms with Gasteiger partial charge in [-0.2, -0.15) is 0 Å². The van der Waals surface area contributed by atoms with Crippen LogP contribution in [0.4, 0.5) is 0 Å². The molecule has 0 unspecified atom stereocenters. The number of esters is 4. The summed E-state index contributed by atoms with van der Waals surface area (Å²) in [5.74, 6) is -1.41. The van der Waals surface area contributed by atoms with Gasteiger partial charge in [-0.1, -0.05) is 81.3 Å². The van der Waals surface area contributed by atoms with Gasteiger partial charge in [0.2, 0.25) is 0 Å². The van der Waals surface area contributed by atoms with Crippen molar-refractivity contribution in [3.05, 3.63) is 120 Å². The van der Waals surface area contributed by atoms with Gasteiger partial charge in [-0.25, -0.2) is 9.97 Å². The van der Waals surface area contributed by atoms with Crippen LogP contribution in [-0.2, 0) is 32.0 Å². The molecular formula is C53H54N2O8. The van der Waals surface area contributed by atoms with Gasteiger partial charge in [0.25, 0.3) is 0 Å². The molecule has 6 aromatic rings. The van der Waals surface area contributed by atoms with Crippen molar-refractivity contribution >= 4 is 45.7 Å². The molecule has 0 radical (unpaired) electrons. The monoisotopic (exact) mass is 846 g/mol. The van der Waals surface area contributed by atoms with Crippen LogP contribution in [0.2, 0.25) is 0 Å². The van der Waals surface area contributed by atoms with E-state index >= 15 is 0 Å². The summed E-state index contributed by atoms with van der Waals surface area (Å²) >= 11 is 0. The van der Waals surface area contributed by atoms with E-state index in [1.54, 1.807) is 18.3 Å². The summed E-state index contributed by atoms with van der Waals surface area (Å²) in [6.07, 6.45) is 9.59. The lowest BCUT2D eigenvalue weighted by Crippen LogP contribution is -2.30. The van der Waals surface area contributed by atoms with Gasteiger partial charge in [0.05, 0.1) is 35.6 Å². The van der Waals surface area contributed by atoms with E-state index in [1.165, 1.54) is 11.1 Å². The van der Waals surface area contributed by atoms with Crippen LogP contribution in [0.3, 0.4) is 0 Å². The maximum Gasteiger partial charge on any atom is 0.314 e. The average Bonchev–Trinajstić information content (AvgIpc) is 3.31. The van der Waals surface area contributed by atoms with Gasteiger partial charge < -0.3 is 18.9 Å². The van der Waals surface area contributed by atoms with Crippen molar-refractivity contribution in [1.82, 2.24) is 9.97 Å². The Hall–Kier alpha value is -6.42. The Balaban J connectivity index is 0.954. The first-order chi connectivity index (χ1) is 30.6. The summed E-state index contributed by atoms with van der Waals surface area (Å²) in [4.78, 5) is 63.3. The largest absolute Gasteiger partial charge is 0.426 e. The molecular weight excluding hydrogens is 793 g/mol. The molecule has 2 aliphatic carbocycles. The normalized spacial score (nSPS) is 18.7. The zero-order valence-electron chi connectivity index (χ0n) is 36.3. The highest BCUT2D eigenvalue weighted by molar-refractivity contribution is 5.94. The molecule has 0 aliphatic heterocycles. The standard InChI is InChI=1S/C53H54N2O8/c1-4-7-34-11-24-42(25-12-34)60-50(56)36-15-19-38(20-16-36)52(58)62-46-29-30-47(49-48(46)54-32-45(55-49)41-23-28-44-33(3)9-6-10-40(44)31-41)63-53(59)39-21-17-37(18-22-39)51(57)61-43-26-13-35(8-5-2)14-27-43/h6,9-14,23-32,36-39H,4-5,7-8,15-22H2,1-3H3. The number of nitrogens with zero attached hydrogens (tertiary/aromatic N) is 2. The van der Waals surface area contributed by atoms with Gasteiger partial charge in [0.15, 0.2) is 11.5 Å². The second kappa shape index (κ2) is 19.7. The molecule has 1 aromatic heterocycles. The molecule has 2 fully saturated rings. The van der Waals surface area contributed by atoms with Crippen LogP contribution in [0.1, 0.15) is 94.7 Å². The Kier molecular flexibility index (Phi) is 13.5. The van der Waals surface area contributed by atoms with E-state index in [1.807, 2.05) is 72.8 Å². The summed E-state index contributed by atoms with van der Waals surface area (Å²) in [5, 5.41) is 2.18. The number of benzene rings is 5. The number of aromatic nitrogens is 2. The molecule has 0 spiro atoms. The zero-order valence-corrected chi connectivity index (χ0v) is 36.3. The number of rotatable bonds is 13. The first-order valence-corrected chi connectivity index (χ1v) is 22.5. The fraction of sp³-hybridized carbons (Fsp3) is 0.358. The van der Waals surface area contributed by atoms with Gasteiger partial charge in [-0.3, -0.25) is 19.2 Å². The zero-order chi connectivity index (χ0) is 43.9. The predicted molar refractivity (Wildman–Crippen MR) is 242 cm³/mol. The van der Waals surface area contributed by atoms with Gasteiger partial charge in [-0.05, 0) is 141 Å². The van der Waals surface area contributed by atoms with Crippen LogP contribution in [-0.4, -0.2) is 33.8 Å². The van der Waals surface area contributed by atoms with Crippen molar-refractivity contribution in [2.45, 2.75) is 97.8 Å². The van der Waals surface area contributed by atoms with E-state index in [2.05, 4.69) is 32.9 Å². The number of fused-ring (bicyclic) bond motifs is 2. The lowest BCUT2D eigenvalue weighted by Gasteiger charge is -2.26. The van der Waals surface area contributed by atoms with Crippen molar-refractivity contribution in [3.63, 3.8) is 0 Å². The number of ether oxygens (including phenoxy) is 4. The van der Waals surface area contributed by atoms with Gasteiger partial charge in [-0.15, -0.1) is 0 Å². The molecule has 2 saturated carbocycles. The number of hydrogen-bond acceptors (Lipinski definition) is 10. The summed E-state index contributed by atoms with van der Waals surface area (Å²) < 4.78 is 23.5. The fourth-order valence-corrected chi connectivity index (χ4v) is 8.90. The maximum atomic E-state index is 13.8. The lowest BCUT2D eigenvalue weighted by atomic mass is 9.82. The Morgan fingerprint density at radius 1 is 0.540 bits per heavy atom. The molecule has 0 atom stereocenters. The van der Waals surface area contributed by atoms with Crippen LogP contribution in [0.25, 0.3) is 33.1 Å². The van der Waals surface area contributed by atoms with Crippen molar-refractivity contribution in [2.75, 3.05) is 0 Å². The lowest BCUT2D eigenvalue weighted by molar-refractivity contribution is -0.145. The summed E-state index contributed by atoms with van der Waals surface area (Å²) in [6.45, 7) is 6.32. The number of carbonyl (C=O) groups excluding carboxylic acids is 4. The van der Waals surface area contributed by atoms with Crippen LogP contribution in [0.5, 0.6) is 23.0 Å². The Labute approximate surface area is 368 Å². The van der Waals surface area contributed by atoms with E-state index in [0.29, 0.717) is 68.6 Å². The molecule has 0 bridgehead atoms. The van der Waals surface area contributed by atoms with Crippen LogP contribution in [0, 0.1) is 30.6 Å². The summed E-state index contributed by atoms with van der Waals surface area (Å²) in [6, 6.07) is 30.7. The third-order valence-electron chi connectivity index (χ3n) is 12.6. The van der Waals surface area contributed by atoms with E-state index in [-0.39, 0.29) is 46.3 Å². The minimum Gasteiger partial charge on any atom is -0.426 e. The third-order valence-corrected chi connectivity index (χ3v) is 12.6. The molecule has 0 amide bonds. The van der Waals surface area contributed by atoms with E-state index < -0.39 is 23.8 Å². The Bertz CT molecular complexity index is 2610. The third kappa shape index (κ3) is 10.3. The minimum absolute atomic E-state index is 0.202. The second-order valence-corrected chi connectivity index (χ2v) is 17.1. The number of aryl methyl sites for hydroxylation is 3. The molecule has 8 rings (SSSR count). The first-order valence-electron chi connectivity index (χ1n) is 22.5. The second-order valence-electron chi connectivity index (χ2n) is 17.1. The fourth-order valence-electron chi connectivity index (χ4n) is 8.90. The molecule has 0 saturated heterocycles. The summed E-state index contributed by atoms with van der Waals surface area (Å²) in [7, 11) is 0. The van der Waals surface area contributed by atoms with Crippen LogP contribution >= 0.6 is 0 Å². The van der Waals surface area contributed by atoms with Gasteiger partial charge in [0.1, 0.15) is 22.5 Å². The quantitative estimate of drug-likeness (QED) is 0.0817. The van der Waals surface area contributed by atoms with Gasteiger partial charge in [0, 0.05) is 5.56 Å². The SMILES string of the molecule is CCCc1ccc(OC(=O)C2CCC(C(=O)Oc3ccc(OC(=O)C4CCC(C(=O)Oc5ccc(CCC)cc5)CC4)c4nc(-c5ccc6c(C)cccc6c5)cnc34)CC2)cc1. The van der Waals surface area contributed by atoms with E-state index in [9.17, 15) is 19.2 Å². The molecule has 10 nitrogen and oxygen atoms in total. The molecule has 63 heavy (non-hydrogen) atoms. The highest BCUT2D eigenvalue weighted by atomic mass is 16.5. The van der Waals surface area contributed by atoms with Crippen molar-refractivity contribution < 1.29 is 38.1 Å². The number of hydrogen-bond donors (Lipinski definition) is 0. The highest BCUT2D eigenvalue weighted by Gasteiger charge is 2.34. The maximum absolute atomic E-state index is 13.8. The number of carbonyl (C=O) groups is 4. The topological polar surface area (TPSA) is 131 Å². The van der Waals surface area contributed by atoms with E-state index in [0.717, 1.165) is 47.6 Å². The Morgan fingerprint density at radius 2 is 1.00 bits per heavy atom. The van der Waals surface area contributed by atoms with Crippen LogP contribution < -0.4 is 18.9 Å². The van der Waals surface area contributed by atoms with Gasteiger partial charge >= 0.3 is 23.9 Å². The highest BCUT2D eigenvalue weighted by Crippen LogP contribution is 2.38. The van der Waals surface area contributed by atoms with E-state index in [4.69, 9.17) is 28.9 Å². The molecule has 5 aromatic carbocycles.